The van der Waals surface area contributed by atoms with E-state index >= 15 is 0 Å². The van der Waals surface area contributed by atoms with Crippen LogP contribution in [0.15, 0.2) is 5.16 Å². The molecule has 112 valence electrons. The van der Waals surface area contributed by atoms with Gasteiger partial charge in [0.15, 0.2) is 0 Å². The Bertz CT molecular complexity index is 435. The third-order valence-electron chi connectivity index (χ3n) is 3.76. The lowest BCUT2D eigenvalue weighted by Gasteiger charge is -2.24. The number of amides is 1. The molecule has 1 unspecified atom stereocenters. The van der Waals surface area contributed by atoms with Gasteiger partial charge in [0.25, 0.3) is 0 Å². The van der Waals surface area contributed by atoms with E-state index in [2.05, 4.69) is 27.0 Å². The summed E-state index contributed by atoms with van der Waals surface area (Å²) in [5.41, 5.74) is 0. The molecule has 1 aliphatic heterocycles. The molecule has 1 amide bonds. The first-order valence-corrected chi connectivity index (χ1v) is 8.56. The van der Waals surface area contributed by atoms with Gasteiger partial charge in [-0.3, -0.25) is 9.89 Å². The van der Waals surface area contributed by atoms with Gasteiger partial charge < -0.3 is 4.90 Å². The summed E-state index contributed by atoms with van der Waals surface area (Å²) in [6, 6.07) is 0.460. The smallest absolute Gasteiger partial charge is 0.233 e. The third-order valence-corrected chi connectivity index (χ3v) is 4.59. The van der Waals surface area contributed by atoms with Crippen LogP contribution in [0.3, 0.4) is 0 Å². The average Bonchev–Trinajstić information content (AvgIpc) is 3.11. The average molecular weight is 296 g/mol. The van der Waals surface area contributed by atoms with E-state index < -0.39 is 0 Å². The zero-order chi connectivity index (χ0) is 14.4. The van der Waals surface area contributed by atoms with E-state index in [9.17, 15) is 4.79 Å². The van der Waals surface area contributed by atoms with Crippen molar-refractivity contribution in [2.24, 2.45) is 0 Å². The number of likely N-dealkylation sites (tertiary alicyclic amines) is 1. The number of aryl methyl sites for hydroxylation is 1. The monoisotopic (exact) mass is 296 g/mol. The minimum atomic E-state index is 0.233. The molecule has 1 aromatic rings. The molecule has 6 heteroatoms. The molecule has 0 bridgehead atoms. The Kier molecular flexibility index (Phi) is 5.88. The van der Waals surface area contributed by atoms with E-state index in [0.717, 1.165) is 38.1 Å². The second-order valence-corrected chi connectivity index (χ2v) is 6.17. The van der Waals surface area contributed by atoms with Crippen LogP contribution in [0.4, 0.5) is 0 Å². The highest BCUT2D eigenvalue weighted by Gasteiger charge is 2.28. The fraction of sp³-hybridized carbons (Fsp3) is 0.786. The number of rotatable bonds is 7. The number of hydrogen-bond donors (Lipinski definition) is 1. The zero-order valence-corrected chi connectivity index (χ0v) is 13.2. The van der Waals surface area contributed by atoms with Crippen LogP contribution in [-0.2, 0) is 11.2 Å². The number of carbonyl (C=O) groups excluding carboxylic acids is 1. The van der Waals surface area contributed by atoms with Crippen molar-refractivity contribution >= 4 is 17.7 Å². The summed E-state index contributed by atoms with van der Waals surface area (Å²) in [6.07, 6.45) is 6.70. The minimum absolute atomic E-state index is 0.233. The SMILES string of the molecule is CCCCC1CCCN1C(=O)CSc1n[nH]c(CC)n1. The van der Waals surface area contributed by atoms with Gasteiger partial charge in [0, 0.05) is 19.0 Å². The molecule has 1 fully saturated rings. The van der Waals surface area contributed by atoms with Crippen molar-refractivity contribution in [3.63, 3.8) is 0 Å². The molecule has 1 aliphatic rings. The number of unbranched alkanes of at least 4 members (excludes halogenated alkanes) is 1. The molecular formula is C14H24N4OS. The molecule has 5 nitrogen and oxygen atoms in total. The number of aromatic amines is 1. The summed E-state index contributed by atoms with van der Waals surface area (Å²) in [7, 11) is 0. The molecule has 1 saturated heterocycles. The van der Waals surface area contributed by atoms with Gasteiger partial charge in [0.05, 0.1) is 5.75 Å². The maximum Gasteiger partial charge on any atom is 0.233 e. The van der Waals surface area contributed by atoms with Crippen LogP contribution < -0.4 is 0 Å². The first kappa shape index (κ1) is 15.4. The van der Waals surface area contributed by atoms with E-state index in [0.29, 0.717) is 17.0 Å². The van der Waals surface area contributed by atoms with Gasteiger partial charge in [-0.25, -0.2) is 4.98 Å². The lowest BCUT2D eigenvalue weighted by atomic mass is 10.1. The van der Waals surface area contributed by atoms with Crippen LogP contribution in [0.25, 0.3) is 0 Å². The standard InChI is InChI=1S/C14H24N4OS/c1-3-5-7-11-8-6-9-18(11)13(19)10-20-14-15-12(4-2)16-17-14/h11H,3-10H2,1-2H3,(H,15,16,17). The summed E-state index contributed by atoms with van der Waals surface area (Å²) in [5.74, 6) is 1.56. The number of aromatic nitrogens is 3. The predicted molar refractivity (Wildman–Crippen MR) is 80.7 cm³/mol. The first-order chi connectivity index (χ1) is 9.74. The van der Waals surface area contributed by atoms with Gasteiger partial charge in [-0.15, -0.1) is 5.10 Å². The molecule has 0 aromatic carbocycles. The fourth-order valence-corrected chi connectivity index (χ4v) is 3.32. The Hall–Kier alpha value is -1.04. The van der Waals surface area contributed by atoms with E-state index in [1.165, 1.54) is 24.6 Å². The molecule has 0 saturated carbocycles. The topological polar surface area (TPSA) is 61.9 Å². The maximum atomic E-state index is 12.3. The van der Waals surface area contributed by atoms with Crippen LogP contribution in [0.5, 0.6) is 0 Å². The van der Waals surface area contributed by atoms with Gasteiger partial charge in [0.1, 0.15) is 5.82 Å². The number of thioether (sulfide) groups is 1. The Morgan fingerprint density at radius 2 is 2.35 bits per heavy atom. The fourth-order valence-electron chi connectivity index (χ4n) is 2.61. The highest BCUT2D eigenvalue weighted by atomic mass is 32.2. The van der Waals surface area contributed by atoms with Crippen molar-refractivity contribution in [2.45, 2.75) is 63.6 Å². The van der Waals surface area contributed by atoms with Crippen LogP contribution in [0.2, 0.25) is 0 Å². The number of nitrogens with zero attached hydrogens (tertiary/aromatic N) is 3. The van der Waals surface area contributed by atoms with Gasteiger partial charge in [-0.1, -0.05) is 38.5 Å². The Balaban J connectivity index is 1.81. The third kappa shape index (κ3) is 3.98. The van der Waals surface area contributed by atoms with Gasteiger partial charge in [-0.05, 0) is 19.3 Å². The molecule has 0 aliphatic carbocycles. The van der Waals surface area contributed by atoms with Crippen molar-refractivity contribution in [3.05, 3.63) is 5.82 Å². The summed E-state index contributed by atoms with van der Waals surface area (Å²) in [4.78, 5) is 18.7. The molecule has 2 heterocycles. The molecule has 1 aromatic heterocycles. The largest absolute Gasteiger partial charge is 0.339 e. The number of H-pyrrole nitrogens is 1. The van der Waals surface area contributed by atoms with E-state index in [1.54, 1.807) is 0 Å². The lowest BCUT2D eigenvalue weighted by molar-refractivity contribution is -0.129. The van der Waals surface area contributed by atoms with Crippen LogP contribution in [0.1, 0.15) is 51.8 Å². The first-order valence-electron chi connectivity index (χ1n) is 7.58. The maximum absolute atomic E-state index is 12.3. The van der Waals surface area contributed by atoms with Gasteiger partial charge in [0.2, 0.25) is 11.1 Å². The molecule has 0 spiro atoms. The molecule has 2 rings (SSSR count). The van der Waals surface area contributed by atoms with E-state index in [1.807, 2.05) is 6.92 Å². The second kappa shape index (κ2) is 7.67. The predicted octanol–water partition coefficient (Wildman–Crippen LogP) is 2.64. The van der Waals surface area contributed by atoms with Crippen molar-refractivity contribution in [3.8, 4) is 0 Å². The quantitative estimate of drug-likeness (QED) is 0.786. The summed E-state index contributed by atoms with van der Waals surface area (Å²) in [5, 5.41) is 7.67. The minimum Gasteiger partial charge on any atom is -0.339 e. The number of carbonyl (C=O) groups is 1. The van der Waals surface area contributed by atoms with Crippen LogP contribution in [-0.4, -0.2) is 44.3 Å². The van der Waals surface area contributed by atoms with E-state index in [-0.39, 0.29) is 5.91 Å². The van der Waals surface area contributed by atoms with Crippen molar-refractivity contribution in [1.29, 1.82) is 0 Å². The molecule has 20 heavy (non-hydrogen) atoms. The molecular weight excluding hydrogens is 272 g/mol. The summed E-state index contributed by atoms with van der Waals surface area (Å²) in [6.45, 7) is 5.15. The molecule has 1 N–H and O–H groups in total. The Morgan fingerprint density at radius 1 is 1.50 bits per heavy atom. The highest BCUT2D eigenvalue weighted by molar-refractivity contribution is 7.99. The molecule has 1 atom stereocenters. The Labute approximate surface area is 124 Å². The van der Waals surface area contributed by atoms with Crippen LogP contribution in [0, 0.1) is 0 Å². The van der Waals surface area contributed by atoms with Crippen LogP contribution >= 0.6 is 11.8 Å². The zero-order valence-electron chi connectivity index (χ0n) is 12.4. The van der Waals surface area contributed by atoms with E-state index in [4.69, 9.17) is 0 Å². The Morgan fingerprint density at radius 3 is 3.05 bits per heavy atom. The normalized spacial score (nSPS) is 18.7. The second-order valence-electron chi connectivity index (χ2n) is 5.23. The highest BCUT2D eigenvalue weighted by Crippen LogP contribution is 2.24. The summed E-state index contributed by atoms with van der Waals surface area (Å²) < 4.78 is 0. The lowest BCUT2D eigenvalue weighted by Crippen LogP contribution is -2.36. The van der Waals surface area contributed by atoms with Crippen molar-refractivity contribution in [1.82, 2.24) is 20.1 Å². The van der Waals surface area contributed by atoms with Crippen molar-refractivity contribution < 1.29 is 4.79 Å². The molecule has 0 radical (unpaired) electrons. The summed E-state index contributed by atoms with van der Waals surface area (Å²) >= 11 is 1.43. The van der Waals surface area contributed by atoms with Crippen molar-refractivity contribution in [2.75, 3.05) is 12.3 Å². The van der Waals surface area contributed by atoms with Gasteiger partial charge in [-0.2, -0.15) is 0 Å². The number of nitrogens with one attached hydrogen (secondary N) is 1. The van der Waals surface area contributed by atoms with Gasteiger partial charge >= 0.3 is 0 Å². The number of hydrogen-bond acceptors (Lipinski definition) is 4.